The van der Waals surface area contributed by atoms with Crippen LogP contribution in [0.4, 0.5) is 10.1 Å². The molecule has 1 fully saturated rings. The van der Waals surface area contributed by atoms with E-state index in [0.717, 1.165) is 37.5 Å². The first kappa shape index (κ1) is 14.7. The summed E-state index contributed by atoms with van der Waals surface area (Å²) in [6, 6.07) is 2.82. The van der Waals surface area contributed by atoms with E-state index in [9.17, 15) is 19.3 Å². The van der Waals surface area contributed by atoms with Crippen LogP contribution in [0.15, 0.2) is 18.2 Å². The van der Waals surface area contributed by atoms with E-state index in [0.29, 0.717) is 6.54 Å². The maximum atomic E-state index is 13.2. The van der Waals surface area contributed by atoms with Crippen molar-refractivity contribution >= 4 is 23.2 Å². The van der Waals surface area contributed by atoms with Crippen molar-refractivity contribution < 1.29 is 14.1 Å². The summed E-state index contributed by atoms with van der Waals surface area (Å²) in [7, 11) is 0. The Morgan fingerprint density at radius 1 is 1.45 bits per heavy atom. The molecule has 2 rings (SSSR count). The third kappa shape index (κ3) is 3.45. The summed E-state index contributed by atoms with van der Waals surface area (Å²) >= 11 is 6.10. The highest BCUT2D eigenvalue weighted by atomic mass is 35.5. The highest BCUT2D eigenvalue weighted by Crippen LogP contribution is 2.29. The molecule has 1 aromatic rings. The number of nitro benzene ring substituents is 1. The van der Waals surface area contributed by atoms with E-state index in [4.69, 9.17) is 11.6 Å². The molecule has 2 unspecified atom stereocenters. The zero-order valence-corrected chi connectivity index (χ0v) is 11.4. The van der Waals surface area contributed by atoms with E-state index in [1.54, 1.807) is 0 Å². The van der Waals surface area contributed by atoms with Gasteiger partial charge in [0.15, 0.2) is 0 Å². The number of amides is 1. The molecule has 2 atom stereocenters. The van der Waals surface area contributed by atoms with Gasteiger partial charge >= 0.3 is 0 Å². The van der Waals surface area contributed by atoms with Crippen molar-refractivity contribution in [2.75, 3.05) is 6.54 Å². The number of nitrogens with one attached hydrogen (secondary N) is 1. The fourth-order valence-corrected chi connectivity index (χ4v) is 2.73. The number of carbonyl (C=O) groups is 1. The molecule has 0 spiro atoms. The van der Waals surface area contributed by atoms with Crippen LogP contribution >= 0.6 is 11.6 Å². The molecule has 0 radical (unpaired) electrons. The molecule has 108 valence electrons. The normalized spacial score (nSPS) is 21.7. The largest absolute Gasteiger partial charge is 0.352 e. The van der Waals surface area contributed by atoms with Crippen LogP contribution in [0.25, 0.3) is 0 Å². The van der Waals surface area contributed by atoms with Crippen LogP contribution in [0.1, 0.15) is 29.6 Å². The minimum atomic E-state index is -0.805. The lowest BCUT2D eigenvalue weighted by Crippen LogP contribution is -2.31. The molecular formula is C13H14ClFN2O3. The summed E-state index contributed by atoms with van der Waals surface area (Å²) in [5.74, 6) is -1.13. The monoisotopic (exact) mass is 300 g/mol. The Labute approximate surface area is 120 Å². The van der Waals surface area contributed by atoms with E-state index in [-0.39, 0.29) is 16.9 Å². The summed E-state index contributed by atoms with van der Waals surface area (Å²) < 4.78 is 13.2. The molecule has 0 heterocycles. The number of nitrogens with zero attached hydrogens (tertiary/aromatic N) is 1. The number of alkyl halides is 1. The Kier molecular flexibility index (Phi) is 4.54. The number of benzene rings is 1. The first-order valence-corrected chi connectivity index (χ1v) is 6.78. The second-order valence-corrected chi connectivity index (χ2v) is 5.43. The van der Waals surface area contributed by atoms with Gasteiger partial charge in [0.05, 0.1) is 11.0 Å². The third-order valence-electron chi connectivity index (χ3n) is 3.45. The highest BCUT2D eigenvalue weighted by Gasteiger charge is 2.25. The molecule has 7 heteroatoms. The van der Waals surface area contributed by atoms with Crippen LogP contribution in [0.2, 0.25) is 0 Å². The zero-order valence-electron chi connectivity index (χ0n) is 10.6. The lowest BCUT2D eigenvalue weighted by Gasteiger charge is -2.14. The second-order valence-electron chi connectivity index (χ2n) is 4.87. The van der Waals surface area contributed by atoms with Gasteiger partial charge in [-0.05, 0) is 24.8 Å². The summed E-state index contributed by atoms with van der Waals surface area (Å²) in [5, 5.41) is 13.3. The van der Waals surface area contributed by atoms with Crippen molar-refractivity contribution in [1.82, 2.24) is 5.32 Å². The van der Waals surface area contributed by atoms with Gasteiger partial charge in [0.1, 0.15) is 5.82 Å². The number of nitro groups is 1. The van der Waals surface area contributed by atoms with E-state index >= 15 is 0 Å². The Bertz CT molecular complexity index is 538. The lowest BCUT2D eigenvalue weighted by atomic mass is 10.1. The number of non-ortho nitro benzene ring substituents is 1. The Morgan fingerprint density at radius 3 is 2.80 bits per heavy atom. The van der Waals surface area contributed by atoms with Crippen molar-refractivity contribution in [2.45, 2.75) is 24.6 Å². The van der Waals surface area contributed by atoms with Crippen LogP contribution in [0.5, 0.6) is 0 Å². The average Bonchev–Trinajstić information content (AvgIpc) is 2.80. The zero-order chi connectivity index (χ0) is 14.7. The summed E-state index contributed by atoms with van der Waals surface area (Å²) in [5.41, 5.74) is -0.493. The predicted molar refractivity (Wildman–Crippen MR) is 72.4 cm³/mol. The van der Waals surface area contributed by atoms with Crippen molar-refractivity contribution in [1.29, 1.82) is 0 Å². The number of hydrogen-bond acceptors (Lipinski definition) is 3. The summed E-state index contributed by atoms with van der Waals surface area (Å²) in [6.07, 6.45) is 2.89. The lowest BCUT2D eigenvalue weighted by molar-refractivity contribution is -0.385. The molecule has 1 N–H and O–H groups in total. The van der Waals surface area contributed by atoms with Crippen LogP contribution < -0.4 is 5.32 Å². The average molecular weight is 301 g/mol. The summed E-state index contributed by atoms with van der Waals surface area (Å²) in [4.78, 5) is 21.8. The third-order valence-corrected chi connectivity index (χ3v) is 4.02. The predicted octanol–water partition coefficient (Wildman–Crippen LogP) is 2.87. The summed E-state index contributed by atoms with van der Waals surface area (Å²) in [6.45, 7) is 0.400. The number of rotatable bonds is 4. The number of halogens is 2. The highest BCUT2D eigenvalue weighted by molar-refractivity contribution is 6.21. The molecule has 0 aromatic heterocycles. The first-order chi connectivity index (χ1) is 9.47. The van der Waals surface area contributed by atoms with Crippen molar-refractivity contribution in [2.24, 2.45) is 5.92 Å². The molecule has 20 heavy (non-hydrogen) atoms. The van der Waals surface area contributed by atoms with Gasteiger partial charge in [-0.2, -0.15) is 0 Å². The van der Waals surface area contributed by atoms with E-state index in [2.05, 4.69) is 5.32 Å². The number of hydrogen-bond donors (Lipinski definition) is 1. The van der Waals surface area contributed by atoms with Crippen LogP contribution in [-0.2, 0) is 0 Å². The second kappa shape index (κ2) is 6.17. The molecule has 1 aromatic carbocycles. The standard InChI is InChI=1S/C13H14ClFN2O3/c14-12-3-1-2-8(12)7-16-13(18)9-4-10(15)6-11(5-9)17(19)20/h4-6,8,12H,1-3,7H2,(H,16,18). The molecule has 0 bridgehead atoms. The van der Waals surface area contributed by atoms with E-state index < -0.39 is 22.3 Å². The van der Waals surface area contributed by atoms with Crippen LogP contribution in [0, 0.1) is 21.8 Å². The van der Waals surface area contributed by atoms with E-state index in [1.807, 2.05) is 0 Å². The Balaban J connectivity index is 2.03. The Hall–Kier alpha value is -1.69. The molecular weight excluding hydrogens is 287 g/mol. The van der Waals surface area contributed by atoms with Gasteiger partial charge in [0.25, 0.3) is 11.6 Å². The molecule has 0 aliphatic heterocycles. The van der Waals surface area contributed by atoms with Gasteiger partial charge in [-0.25, -0.2) is 4.39 Å². The van der Waals surface area contributed by atoms with Crippen LogP contribution in [-0.4, -0.2) is 22.8 Å². The van der Waals surface area contributed by atoms with Gasteiger partial charge in [-0.3, -0.25) is 14.9 Å². The maximum Gasteiger partial charge on any atom is 0.273 e. The minimum absolute atomic E-state index is 0.0390. The fourth-order valence-electron chi connectivity index (χ4n) is 2.36. The van der Waals surface area contributed by atoms with Gasteiger partial charge in [-0.15, -0.1) is 11.6 Å². The quantitative estimate of drug-likeness (QED) is 0.528. The fraction of sp³-hybridized carbons (Fsp3) is 0.462. The first-order valence-electron chi connectivity index (χ1n) is 6.34. The molecule has 5 nitrogen and oxygen atoms in total. The van der Waals surface area contributed by atoms with Gasteiger partial charge < -0.3 is 5.32 Å². The molecule has 1 aliphatic carbocycles. The van der Waals surface area contributed by atoms with Crippen molar-refractivity contribution in [3.63, 3.8) is 0 Å². The molecule has 0 saturated heterocycles. The SMILES string of the molecule is O=C(NCC1CCCC1Cl)c1cc(F)cc([N+](=O)[O-])c1. The molecule has 1 amide bonds. The minimum Gasteiger partial charge on any atom is -0.352 e. The van der Waals surface area contributed by atoms with Gasteiger partial charge in [0.2, 0.25) is 0 Å². The molecule has 1 saturated carbocycles. The van der Waals surface area contributed by atoms with E-state index in [1.165, 1.54) is 0 Å². The van der Waals surface area contributed by atoms with Crippen LogP contribution in [0.3, 0.4) is 0 Å². The smallest absolute Gasteiger partial charge is 0.273 e. The molecule has 1 aliphatic rings. The number of carbonyl (C=O) groups excluding carboxylic acids is 1. The van der Waals surface area contributed by atoms with Crippen molar-refractivity contribution in [3.05, 3.63) is 39.7 Å². The van der Waals surface area contributed by atoms with Gasteiger partial charge in [0, 0.05) is 23.6 Å². The van der Waals surface area contributed by atoms with Crippen molar-refractivity contribution in [3.8, 4) is 0 Å². The Morgan fingerprint density at radius 2 is 2.20 bits per heavy atom. The topological polar surface area (TPSA) is 72.2 Å². The van der Waals surface area contributed by atoms with Gasteiger partial charge in [-0.1, -0.05) is 6.42 Å². The maximum absolute atomic E-state index is 13.2.